The molecule has 2 aromatic carbocycles. The van der Waals surface area contributed by atoms with Crippen molar-refractivity contribution in [1.82, 2.24) is 19.7 Å². The highest BCUT2D eigenvalue weighted by Gasteiger charge is 2.18. The first-order valence-electron chi connectivity index (χ1n) is 8.52. The molecule has 0 fully saturated rings. The Labute approximate surface area is 167 Å². The van der Waals surface area contributed by atoms with Crippen LogP contribution in [0.15, 0.2) is 78.1 Å². The molecule has 0 amide bonds. The number of pyridine rings is 1. The quantitative estimate of drug-likeness (QED) is 0.415. The molecule has 2 heterocycles. The summed E-state index contributed by atoms with van der Waals surface area (Å²) in [6.45, 7) is 2.07. The molecule has 0 atom stereocenters. The lowest BCUT2D eigenvalue weighted by Gasteiger charge is -2.11. The van der Waals surface area contributed by atoms with Crippen molar-refractivity contribution in [3.63, 3.8) is 0 Å². The van der Waals surface area contributed by atoms with Gasteiger partial charge in [0.15, 0.2) is 11.0 Å². The van der Waals surface area contributed by atoms with Crippen LogP contribution in [0.2, 0.25) is 5.02 Å². The Morgan fingerprint density at radius 1 is 0.926 bits per heavy atom. The first-order chi connectivity index (χ1) is 13.2. The van der Waals surface area contributed by atoms with Crippen molar-refractivity contribution < 1.29 is 0 Å². The van der Waals surface area contributed by atoms with Crippen molar-refractivity contribution in [2.24, 2.45) is 0 Å². The molecule has 134 valence electrons. The maximum atomic E-state index is 6.43. The van der Waals surface area contributed by atoms with Crippen LogP contribution >= 0.6 is 23.4 Å². The third-order valence-electron chi connectivity index (χ3n) is 4.12. The summed E-state index contributed by atoms with van der Waals surface area (Å²) in [4.78, 5) is 4.39. The SMILES string of the molecule is Cc1ccc(-n2c(SCc3ccccn3)nnc2-c2ccccc2Cl)cc1. The molecule has 0 N–H and O–H groups in total. The number of halogens is 1. The van der Waals surface area contributed by atoms with E-state index in [1.807, 2.05) is 47.0 Å². The summed E-state index contributed by atoms with van der Waals surface area (Å²) in [5.41, 5.74) is 4.06. The van der Waals surface area contributed by atoms with Gasteiger partial charge in [0.1, 0.15) is 0 Å². The van der Waals surface area contributed by atoms with Gasteiger partial charge in [0.05, 0.1) is 10.7 Å². The van der Waals surface area contributed by atoms with E-state index < -0.39 is 0 Å². The van der Waals surface area contributed by atoms with Gasteiger partial charge in [-0.3, -0.25) is 9.55 Å². The van der Waals surface area contributed by atoms with Crippen molar-refractivity contribution in [2.45, 2.75) is 17.8 Å². The van der Waals surface area contributed by atoms with E-state index in [1.54, 1.807) is 18.0 Å². The fourth-order valence-electron chi connectivity index (χ4n) is 2.73. The lowest BCUT2D eigenvalue weighted by Crippen LogP contribution is -2.00. The fourth-order valence-corrected chi connectivity index (χ4v) is 3.82. The molecular formula is C21H17ClN4S. The van der Waals surface area contributed by atoms with Crippen molar-refractivity contribution in [3.8, 4) is 17.1 Å². The van der Waals surface area contributed by atoms with Gasteiger partial charge in [0.25, 0.3) is 0 Å². The second-order valence-corrected chi connectivity index (χ2v) is 7.42. The number of hydrogen-bond donors (Lipinski definition) is 0. The van der Waals surface area contributed by atoms with Crippen LogP contribution in [-0.2, 0) is 5.75 Å². The zero-order valence-electron chi connectivity index (χ0n) is 14.7. The van der Waals surface area contributed by atoms with Crippen LogP contribution in [0, 0.1) is 6.92 Å². The van der Waals surface area contributed by atoms with E-state index in [1.165, 1.54) is 5.56 Å². The van der Waals surface area contributed by atoms with Crippen LogP contribution in [0.3, 0.4) is 0 Å². The molecule has 4 rings (SSSR count). The van der Waals surface area contributed by atoms with E-state index in [2.05, 4.69) is 46.4 Å². The highest BCUT2D eigenvalue weighted by molar-refractivity contribution is 7.98. The molecule has 0 bridgehead atoms. The highest BCUT2D eigenvalue weighted by Crippen LogP contribution is 2.32. The number of thioether (sulfide) groups is 1. The summed E-state index contributed by atoms with van der Waals surface area (Å²) in [5, 5.41) is 10.3. The topological polar surface area (TPSA) is 43.6 Å². The Morgan fingerprint density at radius 3 is 2.44 bits per heavy atom. The Kier molecular flexibility index (Phi) is 5.23. The van der Waals surface area contributed by atoms with E-state index in [0.29, 0.717) is 10.8 Å². The molecule has 0 saturated heterocycles. The first kappa shape index (κ1) is 17.8. The maximum absolute atomic E-state index is 6.43. The number of nitrogens with zero attached hydrogens (tertiary/aromatic N) is 4. The standard InChI is InChI=1S/C21H17ClN4S/c1-15-9-11-17(12-10-15)26-20(18-7-2-3-8-19(18)22)24-25-21(26)27-14-16-6-4-5-13-23-16/h2-13H,14H2,1H3. The average molecular weight is 393 g/mol. The average Bonchev–Trinajstić information content (AvgIpc) is 3.12. The van der Waals surface area contributed by atoms with Crippen molar-refractivity contribution in [1.29, 1.82) is 0 Å². The predicted octanol–water partition coefficient (Wildman–Crippen LogP) is 5.58. The lowest BCUT2D eigenvalue weighted by atomic mass is 10.2. The minimum atomic E-state index is 0.652. The fraction of sp³-hybridized carbons (Fsp3) is 0.0952. The number of hydrogen-bond acceptors (Lipinski definition) is 4. The number of aryl methyl sites for hydroxylation is 1. The smallest absolute Gasteiger partial charge is 0.196 e. The third kappa shape index (κ3) is 3.89. The molecular weight excluding hydrogens is 376 g/mol. The van der Waals surface area contributed by atoms with Crippen LogP contribution in [0.25, 0.3) is 17.1 Å². The summed E-state index contributed by atoms with van der Waals surface area (Å²) < 4.78 is 2.05. The maximum Gasteiger partial charge on any atom is 0.196 e. The molecule has 0 aliphatic rings. The molecule has 0 saturated carbocycles. The third-order valence-corrected chi connectivity index (χ3v) is 5.41. The molecule has 4 nitrogen and oxygen atoms in total. The van der Waals surface area contributed by atoms with Crippen LogP contribution in [-0.4, -0.2) is 19.7 Å². The number of benzene rings is 2. The van der Waals surface area contributed by atoms with Gasteiger partial charge < -0.3 is 0 Å². The Hall–Kier alpha value is -2.63. The van der Waals surface area contributed by atoms with E-state index in [0.717, 1.165) is 27.9 Å². The molecule has 0 radical (unpaired) electrons. The number of aromatic nitrogens is 4. The predicted molar refractivity (Wildman–Crippen MR) is 110 cm³/mol. The van der Waals surface area contributed by atoms with Crippen molar-refractivity contribution in [3.05, 3.63) is 89.2 Å². The zero-order chi connectivity index (χ0) is 18.6. The Balaban J connectivity index is 1.77. The van der Waals surface area contributed by atoms with Crippen LogP contribution in [0.5, 0.6) is 0 Å². The lowest BCUT2D eigenvalue weighted by molar-refractivity contribution is 0.884. The van der Waals surface area contributed by atoms with Crippen LogP contribution in [0.1, 0.15) is 11.3 Å². The minimum absolute atomic E-state index is 0.652. The Bertz CT molecular complexity index is 1050. The molecule has 0 aliphatic heterocycles. The van der Waals surface area contributed by atoms with Gasteiger partial charge in [-0.05, 0) is 43.3 Å². The summed E-state index contributed by atoms with van der Waals surface area (Å²) >= 11 is 8.03. The van der Waals surface area contributed by atoms with E-state index in [9.17, 15) is 0 Å². The summed E-state index contributed by atoms with van der Waals surface area (Å²) in [5.74, 6) is 1.45. The largest absolute Gasteiger partial charge is 0.270 e. The summed E-state index contributed by atoms with van der Waals surface area (Å²) in [6.07, 6.45) is 1.80. The van der Waals surface area contributed by atoms with Gasteiger partial charge in [-0.25, -0.2) is 0 Å². The van der Waals surface area contributed by atoms with E-state index in [4.69, 9.17) is 11.6 Å². The monoisotopic (exact) mass is 392 g/mol. The number of rotatable bonds is 5. The molecule has 2 aromatic heterocycles. The molecule has 27 heavy (non-hydrogen) atoms. The first-order valence-corrected chi connectivity index (χ1v) is 9.89. The van der Waals surface area contributed by atoms with Gasteiger partial charge in [-0.15, -0.1) is 10.2 Å². The van der Waals surface area contributed by atoms with Gasteiger partial charge in [-0.1, -0.05) is 59.3 Å². The highest BCUT2D eigenvalue weighted by atomic mass is 35.5. The van der Waals surface area contributed by atoms with Crippen LogP contribution in [0.4, 0.5) is 0 Å². The molecule has 6 heteroatoms. The van der Waals surface area contributed by atoms with Gasteiger partial charge in [0, 0.05) is 23.2 Å². The Morgan fingerprint density at radius 2 is 1.70 bits per heavy atom. The molecule has 4 aromatic rings. The summed E-state index contributed by atoms with van der Waals surface area (Å²) in [6, 6.07) is 21.9. The zero-order valence-corrected chi connectivity index (χ0v) is 16.3. The molecule has 0 spiro atoms. The van der Waals surface area contributed by atoms with Crippen LogP contribution < -0.4 is 0 Å². The summed E-state index contributed by atoms with van der Waals surface area (Å²) in [7, 11) is 0. The second-order valence-electron chi connectivity index (χ2n) is 6.07. The van der Waals surface area contributed by atoms with Crippen molar-refractivity contribution in [2.75, 3.05) is 0 Å². The van der Waals surface area contributed by atoms with E-state index in [-0.39, 0.29) is 0 Å². The van der Waals surface area contributed by atoms with Crippen molar-refractivity contribution >= 4 is 23.4 Å². The van der Waals surface area contributed by atoms with Gasteiger partial charge in [-0.2, -0.15) is 0 Å². The molecule has 0 unspecified atom stereocenters. The molecule has 0 aliphatic carbocycles. The van der Waals surface area contributed by atoms with E-state index >= 15 is 0 Å². The second kappa shape index (κ2) is 7.94. The minimum Gasteiger partial charge on any atom is -0.270 e. The normalized spacial score (nSPS) is 10.9. The van der Waals surface area contributed by atoms with Gasteiger partial charge in [0.2, 0.25) is 0 Å². The van der Waals surface area contributed by atoms with Gasteiger partial charge >= 0.3 is 0 Å².